The minimum Gasteiger partial charge on any atom is -0.366 e. The highest BCUT2D eigenvalue weighted by molar-refractivity contribution is 7.71. The first-order chi connectivity index (χ1) is 23.9. The lowest BCUT2D eigenvalue weighted by Gasteiger charge is -2.41. The summed E-state index contributed by atoms with van der Waals surface area (Å²) in [5, 5.41) is 10.8. The fourth-order valence-electron chi connectivity index (χ4n) is 6.78. The number of benzene rings is 1. The zero-order valence-corrected chi connectivity index (χ0v) is 29.1. The van der Waals surface area contributed by atoms with E-state index in [0.717, 1.165) is 11.1 Å². The summed E-state index contributed by atoms with van der Waals surface area (Å²) in [4.78, 5) is 42.9. The number of aryl methyl sites for hydroxylation is 2. The topological polar surface area (TPSA) is 116 Å². The van der Waals surface area contributed by atoms with Gasteiger partial charge in [-0.3, -0.25) is 24.2 Å². The Balaban J connectivity index is 1.74. The molecule has 11 nitrogen and oxygen atoms in total. The van der Waals surface area contributed by atoms with Gasteiger partial charge in [-0.15, -0.1) is 0 Å². The second-order valence-electron chi connectivity index (χ2n) is 12.6. The highest BCUT2D eigenvalue weighted by atomic mass is 32.1. The van der Waals surface area contributed by atoms with Crippen LogP contribution in [0.2, 0.25) is 0 Å². The van der Waals surface area contributed by atoms with Crippen molar-refractivity contribution in [2.45, 2.75) is 39.7 Å². The molecule has 2 amide bonds. The highest BCUT2D eigenvalue weighted by Crippen LogP contribution is 2.40. The minimum absolute atomic E-state index is 0.0210. The maximum absolute atomic E-state index is 16.8. The molecule has 5 heterocycles. The molecule has 0 aliphatic carbocycles. The number of piperazine rings is 1. The van der Waals surface area contributed by atoms with E-state index in [1.807, 2.05) is 45.9 Å². The molecule has 50 heavy (non-hydrogen) atoms. The van der Waals surface area contributed by atoms with Gasteiger partial charge in [0.25, 0.3) is 11.8 Å². The quantitative estimate of drug-likeness (QED) is 0.116. The predicted octanol–water partition coefficient (Wildman–Crippen LogP) is 6.35. The van der Waals surface area contributed by atoms with E-state index >= 15 is 4.39 Å². The number of halogens is 2. The summed E-state index contributed by atoms with van der Waals surface area (Å²) in [5.74, 6) is -3.26. The SMILES string of the molecule is [C-]#[N+]C[C@H]1CN(c2c(C(=O)NC)c(=S)n(-c3c(C)ccnc3C(C)C)c3nc(-c4c(C)ccc5[nH]ncc45)c(F)cc23)CCN1C(=O)C(=C)F. The summed E-state index contributed by atoms with van der Waals surface area (Å²) in [6.07, 6.45) is 3.34. The second-order valence-corrected chi connectivity index (χ2v) is 13.0. The van der Waals surface area contributed by atoms with Crippen molar-refractivity contribution in [3.05, 3.63) is 93.3 Å². The fourth-order valence-corrected chi connectivity index (χ4v) is 7.14. The lowest BCUT2D eigenvalue weighted by Crippen LogP contribution is -2.56. The summed E-state index contributed by atoms with van der Waals surface area (Å²) in [6.45, 7) is 18.5. The van der Waals surface area contributed by atoms with Crippen molar-refractivity contribution in [2.75, 3.05) is 38.1 Å². The van der Waals surface area contributed by atoms with Crippen LogP contribution in [0.1, 0.15) is 46.9 Å². The molecule has 1 saturated heterocycles. The molecule has 2 N–H and O–H groups in total. The van der Waals surface area contributed by atoms with Crippen molar-refractivity contribution in [3.63, 3.8) is 0 Å². The van der Waals surface area contributed by atoms with Crippen LogP contribution in [-0.4, -0.2) is 80.7 Å². The Morgan fingerprint density at radius 3 is 2.62 bits per heavy atom. The molecule has 14 heteroatoms. The number of carbonyl (C=O) groups is 2. The van der Waals surface area contributed by atoms with Gasteiger partial charge in [-0.2, -0.15) is 5.10 Å². The monoisotopic (exact) mass is 695 g/mol. The Hall–Kier alpha value is -5.55. The lowest BCUT2D eigenvalue weighted by atomic mass is 9.98. The predicted molar refractivity (Wildman–Crippen MR) is 191 cm³/mol. The summed E-state index contributed by atoms with van der Waals surface area (Å²) in [5.41, 5.74) is 4.91. The number of H-pyrrole nitrogens is 1. The van der Waals surface area contributed by atoms with Crippen LogP contribution in [0, 0.1) is 30.9 Å². The molecule has 1 aliphatic rings. The van der Waals surface area contributed by atoms with Crippen LogP contribution in [0.5, 0.6) is 0 Å². The van der Waals surface area contributed by atoms with E-state index in [1.54, 1.807) is 21.9 Å². The molecule has 1 fully saturated rings. The largest absolute Gasteiger partial charge is 0.366 e. The number of aromatic nitrogens is 5. The number of nitrogens with zero attached hydrogens (tertiary/aromatic N) is 7. The van der Waals surface area contributed by atoms with Gasteiger partial charge in [0, 0.05) is 49.2 Å². The van der Waals surface area contributed by atoms with Gasteiger partial charge in [-0.1, -0.05) is 38.7 Å². The molecule has 0 bridgehead atoms. The van der Waals surface area contributed by atoms with E-state index in [4.69, 9.17) is 28.8 Å². The number of rotatable bonds is 7. The van der Waals surface area contributed by atoms with Crippen molar-refractivity contribution in [2.24, 2.45) is 0 Å². The number of anilines is 1. The Labute approximate surface area is 292 Å². The standard InChI is InChI=1S/C36H35F2N9O2S/c1-18(2)29-31(20(4)10-11-41-29)47-33-23(14-25(38)30(43-33)27-19(3)8-9-26-24(27)16-42-44-26)32(28(36(47)50)34(48)40-7)45-12-13-46(35(49)21(5)37)22(17-45)15-39-6/h8-11,14,16,18,22H,5,12-13,15,17H2,1-4,7H3,(H,40,48)(H,42,44)/t22-/m0/s1. The summed E-state index contributed by atoms with van der Waals surface area (Å²) >= 11 is 6.19. The van der Waals surface area contributed by atoms with Crippen molar-refractivity contribution < 1.29 is 18.4 Å². The first-order valence-corrected chi connectivity index (χ1v) is 16.4. The Morgan fingerprint density at radius 1 is 1.18 bits per heavy atom. The van der Waals surface area contributed by atoms with Crippen LogP contribution < -0.4 is 10.2 Å². The summed E-state index contributed by atoms with van der Waals surface area (Å²) < 4.78 is 32.6. The number of pyridine rings is 3. The van der Waals surface area contributed by atoms with Crippen LogP contribution >= 0.6 is 12.2 Å². The third kappa shape index (κ3) is 5.67. The van der Waals surface area contributed by atoms with Crippen molar-refractivity contribution >= 4 is 51.7 Å². The molecule has 0 radical (unpaired) electrons. The second kappa shape index (κ2) is 13.4. The van der Waals surface area contributed by atoms with Crippen LogP contribution in [0.4, 0.5) is 14.5 Å². The number of carbonyl (C=O) groups excluding carboxylic acids is 2. The first kappa shape index (κ1) is 34.3. The summed E-state index contributed by atoms with van der Waals surface area (Å²) in [7, 11) is 1.48. The molecule has 6 rings (SSSR count). The van der Waals surface area contributed by atoms with Crippen molar-refractivity contribution in [1.82, 2.24) is 34.9 Å². The van der Waals surface area contributed by atoms with Crippen LogP contribution in [0.25, 0.3) is 43.7 Å². The molecular weight excluding hydrogens is 661 g/mol. The zero-order valence-electron chi connectivity index (χ0n) is 28.3. The van der Waals surface area contributed by atoms with Crippen LogP contribution in [0.15, 0.2) is 49.1 Å². The Morgan fingerprint density at radius 2 is 1.94 bits per heavy atom. The maximum atomic E-state index is 16.8. The molecule has 256 valence electrons. The number of hydrogen-bond donors (Lipinski definition) is 2. The number of hydrogen-bond acceptors (Lipinski definition) is 7. The summed E-state index contributed by atoms with van der Waals surface area (Å²) in [6, 6.07) is 6.18. The number of aromatic amines is 1. The van der Waals surface area contributed by atoms with E-state index in [-0.39, 0.29) is 59.0 Å². The van der Waals surface area contributed by atoms with E-state index < -0.39 is 29.5 Å². The van der Waals surface area contributed by atoms with Gasteiger partial charge in [0.15, 0.2) is 5.83 Å². The number of nitrogens with one attached hydrogen (secondary N) is 2. The average molecular weight is 696 g/mol. The molecule has 5 aromatic rings. The van der Waals surface area contributed by atoms with Gasteiger partial charge in [0.1, 0.15) is 27.8 Å². The minimum atomic E-state index is -1.13. The van der Waals surface area contributed by atoms with Gasteiger partial charge in [0.05, 0.1) is 34.3 Å². The number of amides is 2. The first-order valence-electron chi connectivity index (χ1n) is 16.0. The average Bonchev–Trinajstić information content (AvgIpc) is 3.56. The molecule has 4 aromatic heterocycles. The molecular formula is C36H35F2N9O2S. The fraction of sp³-hybridized carbons (Fsp3) is 0.306. The molecule has 1 aliphatic heterocycles. The van der Waals surface area contributed by atoms with Gasteiger partial charge in [0.2, 0.25) is 6.54 Å². The lowest BCUT2D eigenvalue weighted by molar-refractivity contribution is -0.131. The van der Waals surface area contributed by atoms with Gasteiger partial charge < -0.3 is 20.0 Å². The molecule has 0 unspecified atom stereocenters. The van der Waals surface area contributed by atoms with Gasteiger partial charge in [-0.25, -0.2) is 20.3 Å². The Kier molecular flexibility index (Phi) is 9.19. The van der Waals surface area contributed by atoms with Gasteiger partial charge in [-0.05, 0) is 49.1 Å². The van der Waals surface area contributed by atoms with Crippen molar-refractivity contribution in [1.29, 1.82) is 0 Å². The van der Waals surface area contributed by atoms with Crippen LogP contribution in [0.3, 0.4) is 0 Å². The smallest absolute Gasteiger partial charge is 0.282 e. The molecule has 1 atom stereocenters. The molecule has 0 saturated carbocycles. The van der Waals surface area contributed by atoms with Crippen molar-refractivity contribution in [3.8, 4) is 16.9 Å². The van der Waals surface area contributed by atoms with Gasteiger partial charge >= 0.3 is 0 Å². The van der Waals surface area contributed by atoms with E-state index in [1.165, 1.54) is 18.0 Å². The zero-order chi connectivity index (χ0) is 36.0. The Bertz CT molecular complexity index is 2330. The molecule has 1 aromatic carbocycles. The van der Waals surface area contributed by atoms with E-state index in [2.05, 4.69) is 26.9 Å². The van der Waals surface area contributed by atoms with E-state index in [0.29, 0.717) is 33.5 Å². The maximum Gasteiger partial charge on any atom is 0.282 e. The third-order valence-corrected chi connectivity index (χ3v) is 9.51. The molecule has 0 spiro atoms. The number of fused-ring (bicyclic) bond motifs is 2. The van der Waals surface area contributed by atoms with E-state index in [9.17, 15) is 14.0 Å². The normalized spacial score (nSPS) is 14.7. The third-order valence-electron chi connectivity index (χ3n) is 9.12. The highest BCUT2D eigenvalue weighted by Gasteiger charge is 2.37. The van der Waals surface area contributed by atoms with Crippen LogP contribution in [-0.2, 0) is 4.79 Å².